The van der Waals surface area contributed by atoms with Crippen molar-refractivity contribution in [3.05, 3.63) is 34.4 Å². The Kier molecular flexibility index (Phi) is 4.52. The van der Waals surface area contributed by atoms with Gasteiger partial charge in [0.1, 0.15) is 5.56 Å². The molecule has 1 aromatic heterocycles. The molecule has 1 heterocycles. The summed E-state index contributed by atoms with van der Waals surface area (Å²) in [5, 5.41) is 13.6. The SMILES string of the molecule is O=C(OCCl)c1cnc2ccc(Br)cc2c1NC1CC(O)C1. The number of anilines is 1. The third-order valence-electron chi connectivity index (χ3n) is 3.70. The first-order chi connectivity index (χ1) is 10.6. The van der Waals surface area contributed by atoms with E-state index in [1.807, 2.05) is 18.2 Å². The fourth-order valence-electron chi connectivity index (χ4n) is 2.51. The molecule has 116 valence electrons. The van der Waals surface area contributed by atoms with E-state index >= 15 is 0 Å². The van der Waals surface area contributed by atoms with Crippen LogP contribution in [0.2, 0.25) is 0 Å². The van der Waals surface area contributed by atoms with Crippen LogP contribution in [0.15, 0.2) is 28.9 Å². The Balaban J connectivity index is 2.06. The van der Waals surface area contributed by atoms with Crippen molar-refractivity contribution in [1.29, 1.82) is 0 Å². The molecular formula is C15H14BrClN2O3. The summed E-state index contributed by atoms with van der Waals surface area (Å²) < 4.78 is 5.78. The molecule has 1 aliphatic rings. The molecule has 0 saturated heterocycles. The van der Waals surface area contributed by atoms with Gasteiger partial charge in [-0.15, -0.1) is 0 Å². The van der Waals surface area contributed by atoms with Gasteiger partial charge in [-0.1, -0.05) is 27.5 Å². The number of aliphatic hydroxyl groups excluding tert-OH is 1. The lowest BCUT2D eigenvalue weighted by molar-refractivity contribution is 0.0574. The average Bonchev–Trinajstić information content (AvgIpc) is 2.46. The van der Waals surface area contributed by atoms with Gasteiger partial charge in [0.25, 0.3) is 0 Å². The lowest BCUT2D eigenvalue weighted by Crippen LogP contribution is -2.39. The van der Waals surface area contributed by atoms with E-state index in [1.165, 1.54) is 6.20 Å². The van der Waals surface area contributed by atoms with Crippen molar-refractivity contribution in [2.24, 2.45) is 0 Å². The van der Waals surface area contributed by atoms with E-state index in [0.717, 1.165) is 15.4 Å². The molecule has 1 aliphatic carbocycles. The van der Waals surface area contributed by atoms with Gasteiger partial charge in [0.05, 0.1) is 17.3 Å². The van der Waals surface area contributed by atoms with Crippen LogP contribution in [0.3, 0.4) is 0 Å². The molecule has 22 heavy (non-hydrogen) atoms. The average molecular weight is 386 g/mol. The number of rotatable bonds is 4. The van der Waals surface area contributed by atoms with Crippen LogP contribution in [-0.2, 0) is 4.74 Å². The molecule has 0 bridgehead atoms. The fourth-order valence-corrected chi connectivity index (χ4v) is 2.97. The van der Waals surface area contributed by atoms with Crippen LogP contribution in [0.5, 0.6) is 0 Å². The molecule has 1 fully saturated rings. The number of carbonyl (C=O) groups is 1. The Morgan fingerprint density at radius 1 is 1.50 bits per heavy atom. The largest absolute Gasteiger partial charge is 0.446 e. The van der Waals surface area contributed by atoms with Gasteiger partial charge in [0.2, 0.25) is 0 Å². The summed E-state index contributed by atoms with van der Waals surface area (Å²) in [4.78, 5) is 16.4. The normalized spacial score (nSPS) is 20.5. The van der Waals surface area contributed by atoms with Crippen LogP contribution < -0.4 is 5.32 Å². The topological polar surface area (TPSA) is 71.5 Å². The van der Waals surface area contributed by atoms with Crippen molar-refractivity contribution in [2.45, 2.75) is 25.0 Å². The molecule has 7 heteroatoms. The number of alkyl halides is 1. The second kappa shape index (κ2) is 6.40. The van der Waals surface area contributed by atoms with Crippen molar-refractivity contribution in [1.82, 2.24) is 4.98 Å². The lowest BCUT2D eigenvalue weighted by Gasteiger charge is -2.33. The van der Waals surface area contributed by atoms with E-state index in [-0.39, 0.29) is 18.2 Å². The van der Waals surface area contributed by atoms with Gasteiger partial charge < -0.3 is 15.2 Å². The fraction of sp³-hybridized carbons (Fsp3) is 0.333. The van der Waals surface area contributed by atoms with Gasteiger partial charge in [-0.3, -0.25) is 4.98 Å². The Morgan fingerprint density at radius 2 is 2.27 bits per heavy atom. The highest BCUT2D eigenvalue weighted by Crippen LogP contribution is 2.32. The molecule has 0 radical (unpaired) electrons. The molecule has 2 N–H and O–H groups in total. The number of hydrogen-bond donors (Lipinski definition) is 2. The second-order valence-electron chi connectivity index (χ2n) is 5.22. The second-order valence-corrected chi connectivity index (χ2v) is 6.35. The summed E-state index contributed by atoms with van der Waals surface area (Å²) in [5.74, 6) is -0.522. The third-order valence-corrected chi connectivity index (χ3v) is 4.30. The summed E-state index contributed by atoms with van der Waals surface area (Å²) in [6.45, 7) is 0. The highest BCUT2D eigenvalue weighted by atomic mass is 79.9. The van der Waals surface area contributed by atoms with Crippen molar-refractivity contribution in [3.63, 3.8) is 0 Å². The van der Waals surface area contributed by atoms with Crippen LogP contribution in [0.1, 0.15) is 23.2 Å². The summed E-state index contributed by atoms with van der Waals surface area (Å²) in [6.07, 6.45) is 2.52. The highest BCUT2D eigenvalue weighted by molar-refractivity contribution is 9.10. The molecule has 2 aromatic rings. The van der Waals surface area contributed by atoms with E-state index in [4.69, 9.17) is 16.3 Å². The van der Waals surface area contributed by atoms with Crippen LogP contribution in [-0.4, -0.2) is 34.3 Å². The molecule has 0 amide bonds. The number of fused-ring (bicyclic) bond motifs is 1. The maximum absolute atomic E-state index is 12.1. The molecule has 1 aromatic carbocycles. The first-order valence-corrected chi connectivity index (χ1v) is 8.17. The van der Waals surface area contributed by atoms with E-state index in [2.05, 4.69) is 26.2 Å². The molecule has 3 rings (SSSR count). The summed E-state index contributed by atoms with van der Waals surface area (Å²) in [6, 6.07) is 5.58. The molecule has 0 unspecified atom stereocenters. The minimum Gasteiger partial charge on any atom is -0.446 e. The smallest absolute Gasteiger partial charge is 0.343 e. The first-order valence-electron chi connectivity index (χ1n) is 6.84. The molecule has 5 nitrogen and oxygen atoms in total. The van der Waals surface area contributed by atoms with Crippen LogP contribution in [0.4, 0.5) is 5.69 Å². The van der Waals surface area contributed by atoms with Gasteiger partial charge in [-0.2, -0.15) is 0 Å². The van der Waals surface area contributed by atoms with Crippen LogP contribution in [0, 0.1) is 0 Å². The van der Waals surface area contributed by atoms with Gasteiger partial charge >= 0.3 is 5.97 Å². The Bertz CT molecular complexity index is 719. The van der Waals surface area contributed by atoms with Crippen molar-refractivity contribution in [2.75, 3.05) is 11.4 Å². The molecule has 0 spiro atoms. The van der Waals surface area contributed by atoms with Crippen molar-refractivity contribution >= 4 is 50.1 Å². The third kappa shape index (κ3) is 3.04. The zero-order chi connectivity index (χ0) is 15.7. The summed E-state index contributed by atoms with van der Waals surface area (Å²) in [7, 11) is 0. The number of nitrogens with zero attached hydrogens (tertiary/aromatic N) is 1. The van der Waals surface area contributed by atoms with Crippen molar-refractivity contribution in [3.8, 4) is 0 Å². The number of nitrogens with one attached hydrogen (secondary N) is 1. The number of esters is 1. The maximum atomic E-state index is 12.1. The van der Waals surface area contributed by atoms with Gasteiger partial charge in [-0.25, -0.2) is 4.79 Å². The van der Waals surface area contributed by atoms with Gasteiger partial charge in [-0.05, 0) is 31.0 Å². The monoisotopic (exact) mass is 384 g/mol. The minimum atomic E-state index is -0.522. The summed E-state index contributed by atoms with van der Waals surface area (Å²) in [5.41, 5.74) is 1.78. The standard InChI is InChI=1S/C15H14BrClN2O3/c16-8-1-2-13-11(3-8)14(19-9-4-10(20)5-9)12(6-18-13)15(21)22-7-17/h1-3,6,9-10,20H,4-5,7H2,(H,18,19). The number of ether oxygens (including phenoxy) is 1. The van der Waals surface area contributed by atoms with Crippen molar-refractivity contribution < 1.29 is 14.6 Å². The van der Waals surface area contributed by atoms with E-state index in [9.17, 15) is 9.90 Å². The predicted molar refractivity (Wildman–Crippen MR) is 88.2 cm³/mol. The molecular weight excluding hydrogens is 372 g/mol. The van der Waals surface area contributed by atoms with Crippen LogP contribution in [0.25, 0.3) is 10.9 Å². The highest BCUT2D eigenvalue weighted by Gasteiger charge is 2.29. The molecule has 1 saturated carbocycles. The van der Waals surface area contributed by atoms with Crippen LogP contribution >= 0.6 is 27.5 Å². The first kappa shape index (κ1) is 15.5. The number of benzene rings is 1. The number of carbonyl (C=O) groups excluding carboxylic acids is 1. The van der Waals surface area contributed by atoms with E-state index in [1.54, 1.807) is 0 Å². The zero-order valence-electron chi connectivity index (χ0n) is 11.6. The number of aliphatic hydroxyl groups is 1. The Hall–Kier alpha value is -1.37. The number of pyridine rings is 1. The molecule has 0 aliphatic heterocycles. The lowest BCUT2D eigenvalue weighted by atomic mass is 9.89. The number of hydrogen-bond acceptors (Lipinski definition) is 5. The Morgan fingerprint density at radius 3 is 2.95 bits per heavy atom. The van der Waals surface area contributed by atoms with Gasteiger partial charge in [0.15, 0.2) is 6.07 Å². The predicted octanol–water partition coefficient (Wildman–Crippen LogP) is 3.29. The van der Waals surface area contributed by atoms with E-state index in [0.29, 0.717) is 24.1 Å². The number of halogens is 2. The zero-order valence-corrected chi connectivity index (χ0v) is 13.9. The molecule has 0 atom stereocenters. The maximum Gasteiger partial charge on any atom is 0.343 e. The van der Waals surface area contributed by atoms with E-state index < -0.39 is 5.97 Å². The summed E-state index contributed by atoms with van der Waals surface area (Å²) >= 11 is 8.91. The van der Waals surface area contributed by atoms with Gasteiger partial charge in [0, 0.05) is 22.1 Å². The number of aromatic nitrogens is 1. The quantitative estimate of drug-likeness (QED) is 0.624. The Labute approximate surface area is 140 Å². The minimum absolute atomic E-state index is 0.127.